The molecule has 0 N–H and O–H groups in total. The number of fused-ring (bicyclic) bond motifs is 1. The molecule has 19 heavy (non-hydrogen) atoms. The van der Waals surface area contributed by atoms with Crippen LogP contribution in [0.5, 0.6) is 11.5 Å². The number of rotatable bonds is 4. The first-order valence-electron chi connectivity index (χ1n) is 6.86. The molecule has 0 aliphatic carbocycles. The summed E-state index contributed by atoms with van der Waals surface area (Å²) in [6, 6.07) is 0. The number of thiophene rings is 1. The Morgan fingerprint density at radius 3 is 1.63 bits per heavy atom. The average molecular weight is 278 g/mol. The van der Waals surface area contributed by atoms with Crippen molar-refractivity contribution in [3.8, 4) is 11.5 Å². The zero-order valence-electron chi connectivity index (χ0n) is 12.1. The Morgan fingerprint density at radius 1 is 0.842 bits per heavy atom. The van der Waals surface area contributed by atoms with Crippen molar-refractivity contribution in [2.75, 3.05) is 13.2 Å². The molecule has 2 nitrogen and oxygen atoms in total. The van der Waals surface area contributed by atoms with Crippen LogP contribution in [0.25, 0.3) is 12.2 Å². The Hall–Kier alpha value is -1.22. The minimum absolute atomic E-state index is 0.539. The minimum Gasteiger partial charge on any atom is -0.485 e. The SMILES string of the molecule is CC(C)/C=C/c1sc(/C=C/C(C)C)c2c1OCCO2. The van der Waals surface area contributed by atoms with Crippen LogP contribution in [0, 0.1) is 11.8 Å². The fraction of sp³-hybridized carbons (Fsp3) is 0.500. The highest BCUT2D eigenvalue weighted by Gasteiger charge is 2.21. The van der Waals surface area contributed by atoms with Crippen LogP contribution in [0.3, 0.4) is 0 Å². The third-order valence-electron chi connectivity index (χ3n) is 2.71. The van der Waals surface area contributed by atoms with Gasteiger partial charge >= 0.3 is 0 Å². The smallest absolute Gasteiger partial charge is 0.179 e. The third-order valence-corrected chi connectivity index (χ3v) is 3.80. The number of hydrogen-bond acceptors (Lipinski definition) is 3. The zero-order valence-corrected chi connectivity index (χ0v) is 12.9. The molecule has 1 aliphatic heterocycles. The second-order valence-electron chi connectivity index (χ2n) is 5.39. The molecule has 1 aromatic rings. The maximum atomic E-state index is 5.77. The van der Waals surface area contributed by atoms with Gasteiger partial charge in [0.15, 0.2) is 11.5 Å². The lowest BCUT2D eigenvalue weighted by atomic mass is 10.2. The summed E-state index contributed by atoms with van der Waals surface area (Å²) >= 11 is 1.74. The topological polar surface area (TPSA) is 18.5 Å². The molecular weight excluding hydrogens is 256 g/mol. The van der Waals surface area contributed by atoms with Gasteiger partial charge in [-0.15, -0.1) is 11.3 Å². The van der Waals surface area contributed by atoms with E-state index in [0.29, 0.717) is 25.0 Å². The first-order chi connectivity index (χ1) is 9.08. The lowest BCUT2D eigenvalue weighted by Gasteiger charge is -2.16. The van der Waals surface area contributed by atoms with Crippen LogP contribution < -0.4 is 9.47 Å². The van der Waals surface area contributed by atoms with Crippen LogP contribution in [-0.4, -0.2) is 13.2 Å². The average Bonchev–Trinajstić information content (AvgIpc) is 2.72. The number of ether oxygens (including phenoxy) is 2. The van der Waals surface area contributed by atoms with Crippen molar-refractivity contribution in [1.29, 1.82) is 0 Å². The fourth-order valence-electron chi connectivity index (χ4n) is 1.77. The molecule has 104 valence electrons. The summed E-state index contributed by atoms with van der Waals surface area (Å²) in [6.07, 6.45) is 8.69. The predicted octanol–water partition coefficient (Wildman–Crippen LogP) is 4.86. The minimum atomic E-state index is 0.539. The van der Waals surface area contributed by atoms with E-state index in [1.165, 1.54) is 0 Å². The second kappa shape index (κ2) is 6.29. The molecule has 0 aromatic carbocycles. The summed E-state index contributed by atoms with van der Waals surface area (Å²) in [5, 5.41) is 0. The van der Waals surface area contributed by atoms with E-state index in [1.807, 2.05) is 0 Å². The van der Waals surface area contributed by atoms with Crippen molar-refractivity contribution in [3.05, 3.63) is 21.9 Å². The summed E-state index contributed by atoms with van der Waals surface area (Å²) in [7, 11) is 0. The van der Waals surface area contributed by atoms with Crippen LogP contribution in [0.1, 0.15) is 37.4 Å². The Balaban J connectivity index is 2.34. The Bertz CT molecular complexity index is 439. The Labute approximate surface area is 119 Å². The monoisotopic (exact) mass is 278 g/mol. The van der Waals surface area contributed by atoms with Crippen molar-refractivity contribution >= 4 is 23.5 Å². The molecule has 0 saturated heterocycles. The van der Waals surface area contributed by atoms with Crippen molar-refractivity contribution in [1.82, 2.24) is 0 Å². The molecule has 0 saturated carbocycles. The van der Waals surface area contributed by atoms with E-state index in [0.717, 1.165) is 21.3 Å². The van der Waals surface area contributed by atoms with Gasteiger partial charge in [0, 0.05) is 0 Å². The largest absolute Gasteiger partial charge is 0.485 e. The maximum Gasteiger partial charge on any atom is 0.179 e. The normalized spacial score (nSPS) is 15.3. The molecule has 3 heteroatoms. The van der Waals surface area contributed by atoms with E-state index in [-0.39, 0.29) is 0 Å². The number of allylic oxidation sites excluding steroid dienone is 2. The predicted molar refractivity (Wildman–Crippen MR) is 83.1 cm³/mol. The van der Waals surface area contributed by atoms with E-state index in [4.69, 9.17) is 9.47 Å². The lowest BCUT2D eigenvalue weighted by molar-refractivity contribution is 0.173. The molecule has 2 heterocycles. The van der Waals surface area contributed by atoms with E-state index in [9.17, 15) is 0 Å². The molecule has 0 fully saturated rings. The zero-order chi connectivity index (χ0) is 13.8. The van der Waals surface area contributed by atoms with Gasteiger partial charge in [-0.2, -0.15) is 0 Å². The molecule has 0 atom stereocenters. The van der Waals surface area contributed by atoms with Gasteiger partial charge in [0.2, 0.25) is 0 Å². The van der Waals surface area contributed by atoms with Crippen LogP contribution in [0.2, 0.25) is 0 Å². The molecule has 1 aromatic heterocycles. The van der Waals surface area contributed by atoms with Gasteiger partial charge in [-0.05, 0) is 24.0 Å². The van der Waals surface area contributed by atoms with Gasteiger partial charge in [-0.1, -0.05) is 39.8 Å². The van der Waals surface area contributed by atoms with E-state index in [1.54, 1.807) is 11.3 Å². The first-order valence-corrected chi connectivity index (χ1v) is 7.68. The first kappa shape index (κ1) is 14.2. The summed E-state index contributed by atoms with van der Waals surface area (Å²) in [5.74, 6) is 2.90. The van der Waals surface area contributed by atoms with Gasteiger partial charge in [0.1, 0.15) is 13.2 Å². The molecule has 0 spiro atoms. The maximum absolute atomic E-state index is 5.77. The van der Waals surface area contributed by atoms with Crippen molar-refractivity contribution in [2.24, 2.45) is 11.8 Å². The third kappa shape index (κ3) is 3.63. The van der Waals surface area contributed by atoms with Crippen LogP contribution >= 0.6 is 11.3 Å². The van der Waals surface area contributed by atoms with Crippen LogP contribution in [0.4, 0.5) is 0 Å². The van der Waals surface area contributed by atoms with E-state index < -0.39 is 0 Å². The van der Waals surface area contributed by atoms with E-state index >= 15 is 0 Å². The molecule has 0 radical (unpaired) electrons. The quantitative estimate of drug-likeness (QED) is 0.783. The molecule has 0 unspecified atom stereocenters. The molecule has 2 rings (SSSR count). The molecular formula is C16H22O2S. The highest BCUT2D eigenvalue weighted by atomic mass is 32.1. The highest BCUT2D eigenvalue weighted by Crippen LogP contribution is 2.45. The van der Waals surface area contributed by atoms with Gasteiger partial charge in [-0.25, -0.2) is 0 Å². The summed E-state index contributed by atoms with van der Waals surface area (Å²) < 4.78 is 11.5. The molecule has 1 aliphatic rings. The Kier molecular flexibility index (Phi) is 4.70. The van der Waals surface area contributed by atoms with Crippen molar-refractivity contribution in [3.63, 3.8) is 0 Å². The highest BCUT2D eigenvalue weighted by molar-refractivity contribution is 7.14. The van der Waals surface area contributed by atoms with Crippen molar-refractivity contribution < 1.29 is 9.47 Å². The van der Waals surface area contributed by atoms with Crippen molar-refractivity contribution in [2.45, 2.75) is 27.7 Å². The van der Waals surface area contributed by atoms with Gasteiger partial charge in [0.05, 0.1) is 9.75 Å². The Morgan fingerprint density at radius 2 is 1.26 bits per heavy atom. The standard InChI is InChI=1S/C16H22O2S/c1-11(2)5-7-13-15-16(18-10-9-17-15)14(19-13)8-6-12(3)4/h5-8,11-12H,9-10H2,1-4H3/b7-5+,8-6+. The summed E-state index contributed by atoms with van der Waals surface area (Å²) in [5.41, 5.74) is 0. The summed E-state index contributed by atoms with van der Waals surface area (Å²) in [4.78, 5) is 2.32. The van der Waals surface area contributed by atoms with Crippen LogP contribution in [0.15, 0.2) is 12.2 Å². The lowest BCUT2D eigenvalue weighted by Crippen LogP contribution is -2.14. The van der Waals surface area contributed by atoms with E-state index in [2.05, 4.69) is 52.0 Å². The molecule has 0 bridgehead atoms. The molecule has 0 amide bonds. The van der Waals surface area contributed by atoms with Gasteiger partial charge in [0.25, 0.3) is 0 Å². The fourth-order valence-corrected chi connectivity index (χ4v) is 2.79. The van der Waals surface area contributed by atoms with Gasteiger partial charge < -0.3 is 9.47 Å². The summed E-state index contributed by atoms with van der Waals surface area (Å²) in [6.45, 7) is 9.97. The second-order valence-corrected chi connectivity index (χ2v) is 6.48. The van der Waals surface area contributed by atoms with Gasteiger partial charge in [-0.3, -0.25) is 0 Å². The number of hydrogen-bond donors (Lipinski definition) is 0. The van der Waals surface area contributed by atoms with Crippen LogP contribution in [-0.2, 0) is 0 Å².